The van der Waals surface area contributed by atoms with Crippen LogP contribution in [0.2, 0.25) is 0 Å². The van der Waals surface area contributed by atoms with Gasteiger partial charge in [-0.25, -0.2) is 9.59 Å². The molecule has 1 aromatic heterocycles. The Morgan fingerprint density at radius 3 is 2.95 bits per heavy atom. The molecule has 2 heterocycles. The number of amides is 2. The normalized spacial score (nSPS) is 21.9. The second-order valence-corrected chi connectivity index (χ2v) is 4.50. The first-order valence-corrected chi connectivity index (χ1v) is 6.26. The molecule has 9 nitrogen and oxygen atoms in total. The highest BCUT2D eigenvalue weighted by Gasteiger charge is 2.39. The number of likely N-dealkylation sites (tertiary alicyclic amines) is 1. The number of carbonyl (C=O) groups is 2. The lowest BCUT2D eigenvalue weighted by molar-refractivity contribution is -0.141. The Bertz CT molecular complexity index is 463. The third kappa shape index (κ3) is 3.23. The first-order chi connectivity index (χ1) is 9.61. The number of hydrogen-bond acceptors (Lipinski definition) is 5. The molecular weight excluding hydrogens is 266 g/mol. The Kier molecular flexibility index (Phi) is 4.51. The summed E-state index contributed by atoms with van der Waals surface area (Å²) in [5.74, 6) is -1.02. The summed E-state index contributed by atoms with van der Waals surface area (Å²) in [4.78, 5) is 24.4. The highest BCUT2D eigenvalue weighted by Crippen LogP contribution is 2.20. The van der Waals surface area contributed by atoms with E-state index in [1.54, 1.807) is 17.1 Å². The van der Waals surface area contributed by atoms with Crippen LogP contribution in [0.15, 0.2) is 12.4 Å². The first-order valence-electron chi connectivity index (χ1n) is 6.26. The van der Waals surface area contributed by atoms with Crippen LogP contribution in [-0.4, -0.2) is 69.3 Å². The summed E-state index contributed by atoms with van der Waals surface area (Å²) < 4.78 is 6.71. The first kappa shape index (κ1) is 14.3. The van der Waals surface area contributed by atoms with Crippen LogP contribution < -0.4 is 5.32 Å². The van der Waals surface area contributed by atoms with Crippen LogP contribution in [0.1, 0.15) is 6.42 Å². The maximum Gasteiger partial charge on any atom is 0.326 e. The van der Waals surface area contributed by atoms with Crippen LogP contribution >= 0.6 is 0 Å². The van der Waals surface area contributed by atoms with E-state index in [0.29, 0.717) is 19.5 Å². The average Bonchev–Trinajstić information content (AvgIpc) is 3.07. The zero-order chi connectivity index (χ0) is 14.5. The van der Waals surface area contributed by atoms with E-state index < -0.39 is 18.0 Å². The van der Waals surface area contributed by atoms with E-state index in [1.165, 1.54) is 12.0 Å². The standard InChI is InChI=1S/C11H17N5O4/c1-20-8-6-9(10(17)18)16(7-8)11(19)12-2-4-15-5-3-13-14-15/h3,5,8-9H,2,4,6-7H2,1H3,(H,12,19)(H,17,18). The van der Waals surface area contributed by atoms with Crippen molar-refractivity contribution in [2.45, 2.75) is 25.1 Å². The van der Waals surface area contributed by atoms with E-state index in [-0.39, 0.29) is 12.6 Å². The molecule has 110 valence electrons. The number of carbonyl (C=O) groups excluding carboxylic acids is 1. The minimum absolute atomic E-state index is 0.239. The summed E-state index contributed by atoms with van der Waals surface area (Å²) in [6.07, 6.45) is 3.30. The molecule has 1 saturated heterocycles. The fourth-order valence-corrected chi connectivity index (χ4v) is 2.16. The summed E-state index contributed by atoms with van der Waals surface area (Å²) in [7, 11) is 1.51. The molecule has 2 unspecified atom stereocenters. The predicted octanol–water partition coefficient (Wildman–Crippen LogP) is -0.838. The van der Waals surface area contributed by atoms with E-state index in [1.807, 2.05) is 0 Å². The van der Waals surface area contributed by atoms with Gasteiger partial charge < -0.3 is 20.1 Å². The smallest absolute Gasteiger partial charge is 0.326 e. The molecule has 0 saturated carbocycles. The molecule has 2 N–H and O–H groups in total. The van der Waals surface area contributed by atoms with Crippen molar-refractivity contribution in [2.75, 3.05) is 20.2 Å². The number of aromatic nitrogens is 3. The van der Waals surface area contributed by atoms with Gasteiger partial charge in [-0.2, -0.15) is 0 Å². The van der Waals surface area contributed by atoms with Crippen LogP contribution in [0.3, 0.4) is 0 Å². The van der Waals surface area contributed by atoms with Gasteiger partial charge in [0.2, 0.25) is 0 Å². The van der Waals surface area contributed by atoms with Gasteiger partial charge in [-0.1, -0.05) is 5.21 Å². The zero-order valence-electron chi connectivity index (χ0n) is 11.1. The van der Waals surface area contributed by atoms with Crippen LogP contribution in [0, 0.1) is 0 Å². The SMILES string of the molecule is COC1CC(C(=O)O)N(C(=O)NCCn2ccnn2)C1. The molecule has 0 spiro atoms. The number of urea groups is 1. The number of ether oxygens (including phenoxy) is 1. The lowest BCUT2D eigenvalue weighted by Gasteiger charge is -2.21. The third-order valence-electron chi connectivity index (χ3n) is 3.23. The molecule has 0 bridgehead atoms. The molecule has 2 atom stereocenters. The number of nitrogens with zero attached hydrogens (tertiary/aromatic N) is 4. The van der Waals surface area contributed by atoms with Crippen molar-refractivity contribution in [3.8, 4) is 0 Å². The number of methoxy groups -OCH3 is 1. The van der Waals surface area contributed by atoms with Crippen molar-refractivity contribution in [2.24, 2.45) is 0 Å². The van der Waals surface area contributed by atoms with Crippen molar-refractivity contribution >= 4 is 12.0 Å². The van der Waals surface area contributed by atoms with E-state index in [4.69, 9.17) is 9.84 Å². The Hall–Kier alpha value is -2.16. The molecule has 0 aromatic carbocycles. The Balaban J connectivity index is 1.85. The second kappa shape index (κ2) is 6.33. The van der Waals surface area contributed by atoms with E-state index >= 15 is 0 Å². The third-order valence-corrected chi connectivity index (χ3v) is 3.23. The van der Waals surface area contributed by atoms with Gasteiger partial charge in [-0.05, 0) is 0 Å². The molecule has 2 rings (SSSR count). The van der Waals surface area contributed by atoms with E-state index in [9.17, 15) is 9.59 Å². The lowest BCUT2D eigenvalue weighted by atomic mass is 10.2. The molecule has 20 heavy (non-hydrogen) atoms. The maximum atomic E-state index is 12.0. The van der Waals surface area contributed by atoms with Crippen LogP contribution in [-0.2, 0) is 16.1 Å². The lowest BCUT2D eigenvalue weighted by Crippen LogP contribution is -2.46. The fourth-order valence-electron chi connectivity index (χ4n) is 2.16. The van der Waals surface area contributed by atoms with Gasteiger partial charge in [0.25, 0.3) is 0 Å². The van der Waals surface area contributed by atoms with Gasteiger partial charge in [-0.15, -0.1) is 5.10 Å². The van der Waals surface area contributed by atoms with E-state index in [2.05, 4.69) is 15.6 Å². The summed E-state index contributed by atoms with van der Waals surface area (Å²) in [5, 5.41) is 19.2. The molecular formula is C11H17N5O4. The molecule has 1 aromatic rings. The number of hydrogen-bond donors (Lipinski definition) is 2. The van der Waals surface area contributed by atoms with Crippen molar-refractivity contribution in [3.63, 3.8) is 0 Å². The van der Waals surface area contributed by atoms with Crippen molar-refractivity contribution in [1.82, 2.24) is 25.2 Å². The zero-order valence-corrected chi connectivity index (χ0v) is 11.1. The van der Waals surface area contributed by atoms with Gasteiger partial charge in [0.15, 0.2) is 0 Å². The average molecular weight is 283 g/mol. The van der Waals surface area contributed by atoms with Gasteiger partial charge in [-0.3, -0.25) is 4.68 Å². The van der Waals surface area contributed by atoms with Crippen LogP contribution in [0.4, 0.5) is 4.79 Å². The van der Waals surface area contributed by atoms with Crippen molar-refractivity contribution in [3.05, 3.63) is 12.4 Å². The molecule has 0 aliphatic carbocycles. The fraction of sp³-hybridized carbons (Fsp3) is 0.636. The molecule has 1 aliphatic rings. The summed E-state index contributed by atoms with van der Waals surface area (Å²) in [6, 6.07) is -1.25. The number of aliphatic carboxylic acids is 1. The Morgan fingerprint density at radius 2 is 2.35 bits per heavy atom. The second-order valence-electron chi connectivity index (χ2n) is 4.50. The van der Waals surface area contributed by atoms with Gasteiger partial charge in [0.1, 0.15) is 6.04 Å². The van der Waals surface area contributed by atoms with Crippen LogP contribution in [0.25, 0.3) is 0 Å². The summed E-state index contributed by atoms with van der Waals surface area (Å²) in [5.41, 5.74) is 0. The van der Waals surface area contributed by atoms with E-state index in [0.717, 1.165) is 0 Å². The minimum atomic E-state index is -1.02. The number of nitrogens with one attached hydrogen (secondary N) is 1. The topological polar surface area (TPSA) is 110 Å². The molecule has 9 heteroatoms. The van der Waals surface area contributed by atoms with Gasteiger partial charge >= 0.3 is 12.0 Å². The van der Waals surface area contributed by atoms with Crippen molar-refractivity contribution in [1.29, 1.82) is 0 Å². The van der Waals surface area contributed by atoms with Gasteiger partial charge in [0.05, 0.1) is 18.8 Å². The quantitative estimate of drug-likeness (QED) is 0.729. The highest BCUT2D eigenvalue weighted by molar-refractivity contribution is 5.83. The predicted molar refractivity (Wildman–Crippen MR) is 67.0 cm³/mol. The molecule has 2 amide bonds. The Morgan fingerprint density at radius 1 is 1.55 bits per heavy atom. The van der Waals surface area contributed by atoms with Crippen LogP contribution in [0.5, 0.6) is 0 Å². The minimum Gasteiger partial charge on any atom is -0.480 e. The summed E-state index contributed by atoms with van der Waals surface area (Å²) >= 11 is 0. The van der Waals surface area contributed by atoms with Crippen molar-refractivity contribution < 1.29 is 19.4 Å². The van der Waals surface area contributed by atoms with Gasteiger partial charge in [0, 0.05) is 32.8 Å². The summed E-state index contributed by atoms with van der Waals surface area (Å²) in [6.45, 7) is 1.11. The number of carboxylic acids is 1. The molecule has 1 aliphatic heterocycles. The molecule has 1 fully saturated rings. The number of rotatable bonds is 5. The monoisotopic (exact) mass is 283 g/mol. The molecule has 0 radical (unpaired) electrons. The highest BCUT2D eigenvalue weighted by atomic mass is 16.5. The number of carboxylic acid groups (broad SMARTS) is 1. The maximum absolute atomic E-state index is 12.0. The largest absolute Gasteiger partial charge is 0.480 e. The Labute approximate surface area is 115 Å².